The predicted molar refractivity (Wildman–Crippen MR) is 224 cm³/mol. The summed E-state index contributed by atoms with van der Waals surface area (Å²) < 4.78 is 0. The first-order chi connectivity index (χ1) is 26.5. The van der Waals surface area contributed by atoms with E-state index < -0.39 is 57.1 Å². The lowest BCUT2D eigenvalue weighted by Crippen LogP contribution is -2.15. The monoisotopic (exact) mass is 856 g/mol. The molecule has 4 aromatic carbocycles. The molecule has 10 N–H and O–H groups in total. The lowest BCUT2D eigenvalue weighted by atomic mass is 10.1. The highest BCUT2D eigenvalue weighted by Gasteiger charge is 2.15. The second-order valence-corrected chi connectivity index (χ2v) is 12.7. The van der Waals surface area contributed by atoms with Crippen molar-refractivity contribution >= 4 is 74.4 Å². The van der Waals surface area contributed by atoms with Crippen LogP contribution in [0.15, 0.2) is 121 Å². The Morgan fingerprint density at radius 1 is 0.357 bits per heavy atom. The van der Waals surface area contributed by atoms with Crippen molar-refractivity contribution in [2.45, 2.75) is 33.2 Å². The van der Waals surface area contributed by atoms with Gasteiger partial charge in [-0.25, -0.2) is 0 Å². The Bertz CT molecular complexity index is 1370. The summed E-state index contributed by atoms with van der Waals surface area (Å²) in [6.07, 6.45) is -1.91. The summed E-state index contributed by atoms with van der Waals surface area (Å²) in [6.45, 7) is -1.46. The summed E-state index contributed by atoms with van der Waals surface area (Å²) in [4.78, 5) is 41.7. The number of aliphatic hydroxyl groups excluding tert-OH is 6. The van der Waals surface area contributed by atoms with Crippen LogP contribution in [0.5, 0.6) is 0 Å². The Labute approximate surface area is 346 Å². The molecular weight excluding hydrogens is 809 g/mol. The van der Waals surface area contributed by atoms with Crippen molar-refractivity contribution in [1.82, 2.24) is 0 Å². The molecule has 0 amide bonds. The summed E-state index contributed by atoms with van der Waals surface area (Å²) in [5.74, 6) is -3.67. The fourth-order valence-electron chi connectivity index (χ4n) is 3.23. The normalized spacial score (nSPS) is 11.9. The first kappa shape index (κ1) is 54.0. The number of hydrogen-bond donors (Lipinski definition) is 14. The van der Waals surface area contributed by atoms with Crippen molar-refractivity contribution in [2.75, 3.05) is 26.4 Å². The van der Waals surface area contributed by atoms with E-state index in [0.29, 0.717) is 22.3 Å². The number of hydrogen-bond acceptors (Lipinski definition) is 14. The van der Waals surface area contributed by atoms with Gasteiger partial charge in [-0.05, 0) is 22.3 Å². The molecule has 4 unspecified atom stereocenters. The third-order valence-electron chi connectivity index (χ3n) is 6.24. The van der Waals surface area contributed by atoms with Crippen LogP contribution in [0.2, 0.25) is 0 Å². The second kappa shape index (κ2) is 33.1. The fraction of sp³-hybridized carbons (Fsp3) is 0.263. The molecule has 0 aromatic heterocycles. The minimum atomic E-state index is -0.954. The van der Waals surface area contributed by atoms with E-state index in [-0.39, 0.29) is 26.4 Å². The van der Waals surface area contributed by atoms with E-state index in [4.69, 9.17) is 51.1 Å². The van der Waals surface area contributed by atoms with Crippen LogP contribution in [0.1, 0.15) is 43.3 Å². The quantitative estimate of drug-likeness (QED) is 0.0908. The molecule has 0 bridgehead atoms. The van der Waals surface area contributed by atoms with Gasteiger partial charge in [-0.2, -0.15) is 50.5 Å². The van der Waals surface area contributed by atoms with E-state index in [0.717, 1.165) is 0 Å². The standard InChI is InChI=1S/4C8H8O2S.2C3H8O3/c4*9-8(10)7(11)6-4-2-1-3-5-6;2*4-1-3(6)2-5/h4*1-5,7,11H,(H,9,10);2*3-6H,1-2H2. The number of carbonyl (C=O) groups is 4. The molecule has 4 rings (SSSR count). The average Bonchev–Trinajstić information content (AvgIpc) is 3.24. The largest absolute Gasteiger partial charge is 0.480 e. The van der Waals surface area contributed by atoms with Gasteiger partial charge in [-0.15, -0.1) is 0 Å². The van der Waals surface area contributed by atoms with Crippen LogP contribution in [0, 0.1) is 0 Å². The lowest BCUT2D eigenvalue weighted by molar-refractivity contribution is -0.137. The van der Waals surface area contributed by atoms with Crippen molar-refractivity contribution in [1.29, 1.82) is 0 Å². The number of aliphatic carboxylic acids is 4. The smallest absolute Gasteiger partial charge is 0.320 e. The van der Waals surface area contributed by atoms with E-state index in [1.165, 1.54) is 0 Å². The first-order valence-electron chi connectivity index (χ1n) is 16.1. The molecule has 0 spiro atoms. The van der Waals surface area contributed by atoms with Crippen LogP contribution in [0.4, 0.5) is 0 Å². The van der Waals surface area contributed by atoms with Gasteiger partial charge in [0.15, 0.2) is 0 Å². The third-order valence-corrected chi connectivity index (χ3v) is 8.32. The highest BCUT2D eigenvalue weighted by Crippen LogP contribution is 2.21. The van der Waals surface area contributed by atoms with Crippen LogP contribution in [0.3, 0.4) is 0 Å². The number of carboxylic acid groups (broad SMARTS) is 4. The van der Waals surface area contributed by atoms with Crippen LogP contribution in [-0.4, -0.2) is 114 Å². The van der Waals surface area contributed by atoms with Gasteiger partial charge in [0.1, 0.15) is 33.2 Å². The van der Waals surface area contributed by atoms with Crippen molar-refractivity contribution in [3.05, 3.63) is 144 Å². The summed E-state index contributed by atoms with van der Waals surface area (Å²) >= 11 is 15.7. The molecular formula is C38H48O14S4. The second-order valence-electron chi connectivity index (χ2n) is 10.6. The van der Waals surface area contributed by atoms with Crippen molar-refractivity contribution in [3.63, 3.8) is 0 Å². The molecule has 0 saturated carbocycles. The Morgan fingerprint density at radius 2 is 0.500 bits per heavy atom. The van der Waals surface area contributed by atoms with E-state index >= 15 is 0 Å². The zero-order valence-electron chi connectivity index (χ0n) is 29.7. The van der Waals surface area contributed by atoms with Gasteiger partial charge in [-0.1, -0.05) is 121 Å². The molecule has 0 radical (unpaired) electrons. The Kier molecular flexibility index (Phi) is 31.9. The summed E-state index contributed by atoms with van der Waals surface area (Å²) in [6, 6.07) is 35.6. The molecule has 0 aliphatic rings. The maximum Gasteiger partial charge on any atom is 0.320 e. The molecule has 0 aliphatic carbocycles. The molecule has 0 fully saturated rings. The molecule has 308 valence electrons. The van der Waals surface area contributed by atoms with Crippen LogP contribution < -0.4 is 0 Å². The van der Waals surface area contributed by atoms with Crippen molar-refractivity contribution in [3.8, 4) is 0 Å². The predicted octanol–water partition coefficient (Wildman–Crippen LogP) is 3.63. The average molecular weight is 857 g/mol. The zero-order valence-corrected chi connectivity index (χ0v) is 33.3. The van der Waals surface area contributed by atoms with E-state index in [2.05, 4.69) is 50.5 Å². The SMILES string of the molecule is O=C(O)C(S)c1ccccc1.O=C(O)C(S)c1ccccc1.O=C(O)C(S)c1ccccc1.O=C(O)C(S)c1ccccc1.OCC(O)CO.OCC(O)CO. The van der Waals surface area contributed by atoms with Gasteiger partial charge in [0.05, 0.1) is 26.4 Å². The number of thiol groups is 4. The molecule has 0 saturated heterocycles. The Hall–Kier alpha value is -4.08. The maximum atomic E-state index is 10.4. The van der Waals surface area contributed by atoms with Crippen LogP contribution in [-0.2, 0) is 19.2 Å². The minimum Gasteiger partial charge on any atom is -0.480 e. The van der Waals surface area contributed by atoms with Gasteiger partial charge in [0, 0.05) is 0 Å². The van der Waals surface area contributed by atoms with Gasteiger partial charge in [0.25, 0.3) is 0 Å². The molecule has 0 heterocycles. The lowest BCUT2D eigenvalue weighted by Gasteiger charge is -2.03. The Balaban J connectivity index is 0. The number of aliphatic hydroxyl groups is 6. The minimum absolute atomic E-state index is 0.365. The summed E-state index contributed by atoms with van der Waals surface area (Å²) in [5, 5.41) is 79.4. The Morgan fingerprint density at radius 3 is 0.589 bits per heavy atom. The van der Waals surface area contributed by atoms with Gasteiger partial charge >= 0.3 is 23.9 Å². The van der Waals surface area contributed by atoms with Gasteiger partial charge in [-0.3, -0.25) is 19.2 Å². The number of rotatable bonds is 12. The molecule has 4 aromatic rings. The molecule has 14 nitrogen and oxygen atoms in total. The number of carboxylic acids is 4. The van der Waals surface area contributed by atoms with Crippen molar-refractivity contribution < 1.29 is 70.2 Å². The molecule has 56 heavy (non-hydrogen) atoms. The summed E-state index contributed by atoms with van der Waals surface area (Å²) in [5.41, 5.74) is 2.85. The van der Waals surface area contributed by atoms with Crippen LogP contribution >= 0.6 is 50.5 Å². The highest BCUT2D eigenvalue weighted by molar-refractivity contribution is 7.81. The topological polar surface area (TPSA) is 271 Å². The third kappa shape index (κ3) is 25.9. The first-order valence-corrected chi connectivity index (χ1v) is 18.2. The molecule has 0 aliphatic heterocycles. The van der Waals surface area contributed by atoms with Gasteiger partial charge < -0.3 is 51.1 Å². The summed E-state index contributed by atoms with van der Waals surface area (Å²) in [7, 11) is 0. The molecule has 18 heteroatoms. The van der Waals surface area contributed by atoms with E-state index in [9.17, 15) is 19.2 Å². The number of benzene rings is 4. The fourth-order valence-corrected chi connectivity index (χ4v) is 3.92. The van der Waals surface area contributed by atoms with Crippen LogP contribution in [0.25, 0.3) is 0 Å². The maximum absolute atomic E-state index is 10.4. The van der Waals surface area contributed by atoms with Gasteiger partial charge in [0.2, 0.25) is 0 Å². The van der Waals surface area contributed by atoms with E-state index in [1.807, 2.05) is 24.3 Å². The van der Waals surface area contributed by atoms with Crippen molar-refractivity contribution in [2.24, 2.45) is 0 Å². The zero-order chi connectivity index (χ0) is 43.1. The highest BCUT2D eigenvalue weighted by atomic mass is 32.1. The molecule has 4 atom stereocenters. The van der Waals surface area contributed by atoms with E-state index in [1.54, 1.807) is 97.1 Å².